The van der Waals surface area contributed by atoms with Crippen molar-refractivity contribution in [2.45, 2.75) is 51.5 Å². The Morgan fingerprint density at radius 3 is 2.48 bits per heavy atom. The van der Waals surface area contributed by atoms with Crippen LogP contribution in [0.2, 0.25) is 0 Å². The van der Waals surface area contributed by atoms with Crippen LogP contribution in [0.4, 0.5) is 0 Å². The van der Waals surface area contributed by atoms with Gasteiger partial charge in [-0.25, -0.2) is 0 Å². The molecule has 1 unspecified atom stereocenters. The minimum atomic E-state index is -0.897. The SMILES string of the molecule is CCC(CC)c1cc(C(=O)NC(CCC(=O)O)c2ccccc2)on1. The second kappa shape index (κ2) is 9.01. The largest absolute Gasteiger partial charge is 0.481 e. The van der Waals surface area contributed by atoms with Gasteiger partial charge in [0.2, 0.25) is 5.76 Å². The van der Waals surface area contributed by atoms with E-state index in [1.807, 2.05) is 30.3 Å². The van der Waals surface area contributed by atoms with Gasteiger partial charge in [-0.15, -0.1) is 0 Å². The molecule has 0 saturated heterocycles. The van der Waals surface area contributed by atoms with Crippen molar-refractivity contribution in [3.8, 4) is 0 Å². The van der Waals surface area contributed by atoms with Gasteiger partial charge in [0.1, 0.15) is 0 Å². The molecule has 2 rings (SSSR count). The number of nitrogens with one attached hydrogen (secondary N) is 1. The monoisotopic (exact) mass is 344 g/mol. The Labute approximate surface area is 147 Å². The van der Waals surface area contributed by atoms with Crippen molar-refractivity contribution in [1.29, 1.82) is 0 Å². The minimum absolute atomic E-state index is 0.0325. The third kappa shape index (κ3) is 5.17. The molecule has 0 aliphatic carbocycles. The van der Waals surface area contributed by atoms with Gasteiger partial charge in [0.05, 0.1) is 11.7 Å². The molecule has 0 saturated carbocycles. The maximum absolute atomic E-state index is 12.5. The summed E-state index contributed by atoms with van der Waals surface area (Å²) < 4.78 is 5.20. The van der Waals surface area contributed by atoms with Gasteiger partial charge in [0.15, 0.2) is 0 Å². The minimum Gasteiger partial charge on any atom is -0.481 e. The molecule has 0 aliphatic heterocycles. The summed E-state index contributed by atoms with van der Waals surface area (Å²) in [6.45, 7) is 4.14. The number of carbonyl (C=O) groups excluding carboxylic acids is 1. The topological polar surface area (TPSA) is 92.4 Å². The molecule has 1 atom stereocenters. The smallest absolute Gasteiger partial charge is 0.303 e. The summed E-state index contributed by atoms with van der Waals surface area (Å²) in [6, 6.07) is 10.6. The number of benzene rings is 1. The van der Waals surface area contributed by atoms with Gasteiger partial charge in [0, 0.05) is 18.4 Å². The van der Waals surface area contributed by atoms with Crippen LogP contribution < -0.4 is 5.32 Å². The Morgan fingerprint density at radius 1 is 1.20 bits per heavy atom. The number of carboxylic acids is 1. The van der Waals surface area contributed by atoms with Gasteiger partial charge in [0.25, 0.3) is 5.91 Å². The summed E-state index contributed by atoms with van der Waals surface area (Å²) in [7, 11) is 0. The molecule has 2 N–H and O–H groups in total. The van der Waals surface area contributed by atoms with E-state index in [1.54, 1.807) is 6.07 Å². The highest BCUT2D eigenvalue weighted by atomic mass is 16.5. The summed E-state index contributed by atoms with van der Waals surface area (Å²) >= 11 is 0. The van der Waals surface area contributed by atoms with Crippen molar-refractivity contribution in [2.75, 3.05) is 0 Å². The highest BCUT2D eigenvalue weighted by Gasteiger charge is 2.21. The van der Waals surface area contributed by atoms with Crippen molar-refractivity contribution in [3.63, 3.8) is 0 Å². The molecule has 6 nitrogen and oxygen atoms in total. The Balaban J connectivity index is 2.12. The van der Waals surface area contributed by atoms with Crippen LogP contribution in [0.5, 0.6) is 0 Å². The number of amides is 1. The zero-order chi connectivity index (χ0) is 18.2. The van der Waals surface area contributed by atoms with Gasteiger partial charge in [-0.2, -0.15) is 0 Å². The lowest BCUT2D eigenvalue weighted by Crippen LogP contribution is -2.28. The van der Waals surface area contributed by atoms with Gasteiger partial charge in [-0.3, -0.25) is 9.59 Å². The van der Waals surface area contributed by atoms with Crippen LogP contribution in [-0.4, -0.2) is 22.1 Å². The van der Waals surface area contributed by atoms with Crippen LogP contribution in [0.3, 0.4) is 0 Å². The Morgan fingerprint density at radius 2 is 1.88 bits per heavy atom. The molecule has 2 aromatic rings. The number of carboxylic acid groups (broad SMARTS) is 1. The van der Waals surface area contributed by atoms with Crippen molar-refractivity contribution in [2.24, 2.45) is 0 Å². The molecule has 0 aliphatic rings. The number of hydrogen-bond acceptors (Lipinski definition) is 4. The number of hydrogen-bond donors (Lipinski definition) is 2. The van der Waals surface area contributed by atoms with E-state index < -0.39 is 12.0 Å². The summed E-state index contributed by atoms with van der Waals surface area (Å²) in [5.41, 5.74) is 1.63. The first kappa shape index (κ1) is 18.7. The highest BCUT2D eigenvalue weighted by molar-refractivity contribution is 5.91. The zero-order valence-corrected chi connectivity index (χ0v) is 14.6. The molecule has 0 radical (unpaired) electrons. The zero-order valence-electron chi connectivity index (χ0n) is 14.6. The lowest BCUT2D eigenvalue weighted by molar-refractivity contribution is -0.137. The molecular formula is C19H24N2O4. The van der Waals surface area contributed by atoms with Gasteiger partial charge < -0.3 is 14.9 Å². The maximum Gasteiger partial charge on any atom is 0.303 e. The number of aliphatic carboxylic acids is 1. The molecule has 0 spiro atoms. The highest BCUT2D eigenvalue weighted by Crippen LogP contribution is 2.23. The summed E-state index contributed by atoms with van der Waals surface area (Å²) in [6.07, 6.45) is 2.12. The molecule has 1 heterocycles. The molecular weight excluding hydrogens is 320 g/mol. The fourth-order valence-corrected chi connectivity index (χ4v) is 2.80. The summed E-state index contributed by atoms with van der Waals surface area (Å²) in [4.78, 5) is 23.4. The van der Waals surface area contributed by atoms with E-state index in [9.17, 15) is 9.59 Å². The molecule has 1 amide bonds. The van der Waals surface area contributed by atoms with Crippen molar-refractivity contribution in [1.82, 2.24) is 10.5 Å². The van der Waals surface area contributed by atoms with E-state index in [0.29, 0.717) is 6.42 Å². The van der Waals surface area contributed by atoms with E-state index >= 15 is 0 Å². The molecule has 0 bridgehead atoms. The van der Waals surface area contributed by atoms with Crippen molar-refractivity contribution >= 4 is 11.9 Å². The van der Waals surface area contributed by atoms with Crippen LogP contribution in [0.1, 0.15) is 73.3 Å². The average Bonchev–Trinajstić information content (AvgIpc) is 3.10. The Hall–Kier alpha value is -2.63. The molecule has 0 fully saturated rings. The number of nitrogens with zero attached hydrogens (tertiary/aromatic N) is 1. The van der Waals surface area contributed by atoms with E-state index in [2.05, 4.69) is 24.3 Å². The van der Waals surface area contributed by atoms with E-state index in [0.717, 1.165) is 24.1 Å². The predicted molar refractivity (Wildman–Crippen MR) is 93.3 cm³/mol. The van der Waals surface area contributed by atoms with Crippen molar-refractivity contribution < 1.29 is 19.2 Å². The van der Waals surface area contributed by atoms with E-state index in [1.165, 1.54) is 0 Å². The number of rotatable bonds is 9. The fraction of sp³-hybridized carbons (Fsp3) is 0.421. The van der Waals surface area contributed by atoms with Crippen LogP contribution in [0.25, 0.3) is 0 Å². The van der Waals surface area contributed by atoms with Crippen LogP contribution >= 0.6 is 0 Å². The lowest BCUT2D eigenvalue weighted by atomic mass is 9.99. The first-order valence-corrected chi connectivity index (χ1v) is 8.59. The van der Waals surface area contributed by atoms with Gasteiger partial charge >= 0.3 is 5.97 Å². The third-order valence-corrected chi connectivity index (χ3v) is 4.31. The maximum atomic E-state index is 12.5. The second-order valence-electron chi connectivity index (χ2n) is 6.00. The third-order valence-electron chi connectivity index (χ3n) is 4.31. The number of aromatic nitrogens is 1. The van der Waals surface area contributed by atoms with Gasteiger partial charge in [-0.1, -0.05) is 49.3 Å². The Kier molecular flexibility index (Phi) is 6.74. The molecule has 134 valence electrons. The lowest BCUT2D eigenvalue weighted by Gasteiger charge is -2.17. The normalized spacial score (nSPS) is 12.1. The quantitative estimate of drug-likeness (QED) is 0.719. The van der Waals surface area contributed by atoms with E-state index in [-0.39, 0.29) is 24.0 Å². The van der Waals surface area contributed by atoms with Crippen molar-refractivity contribution in [3.05, 3.63) is 53.4 Å². The second-order valence-corrected chi connectivity index (χ2v) is 6.00. The average molecular weight is 344 g/mol. The first-order valence-electron chi connectivity index (χ1n) is 8.59. The number of carbonyl (C=O) groups is 2. The molecule has 25 heavy (non-hydrogen) atoms. The molecule has 1 aromatic carbocycles. The first-order chi connectivity index (χ1) is 12.0. The Bertz CT molecular complexity index is 692. The predicted octanol–water partition coefficient (Wildman–Crippen LogP) is 3.91. The molecule has 6 heteroatoms. The van der Waals surface area contributed by atoms with Crippen LogP contribution in [-0.2, 0) is 4.79 Å². The van der Waals surface area contributed by atoms with Gasteiger partial charge in [-0.05, 0) is 24.8 Å². The fourth-order valence-electron chi connectivity index (χ4n) is 2.80. The molecule has 1 aromatic heterocycles. The van der Waals surface area contributed by atoms with Crippen LogP contribution in [0.15, 0.2) is 40.9 Å². The van der Waals surface area contributed by atoms with E-state index in [4.69, 9.17) is 9.63 Å². The van der Waals surface area contributed by atoms with Crippen LogP contribution in [0, 0.1) is 0 Å². The standard InChI is InChI=1S/C19H24N2O4/c1-3-13(4-2)16-12-17(25-21-16)19(24)20-15(10-11-18(22)23)14-8-6-5-7-9-14/h5-9,12-13,15H,3-4,10-11H2,1-2H3,(H,20,24)(H,22,23). The summed E-state index contributed by atoms with van der Waals surface area (Å²) in [5, 5.41) is 15.8. The summed E-state index contributed by atoms with van der Waals surface area (Å²) in [5.74, 6) is -0.866.